The maximum absolute atomic E-state index is 13.8. The molecule has 0 aliphatic heterocycles. The highest BCUT2D eigenvalue weighted by Crippen LogP contribution is 2.30. The summed E-state index contributed by atoms with van der Waals surface area (Å²) < 4.78 is 24.3. The highest BCUT2D eigenvalue weighted by Gasteiger charge is 2.34. The Morgan fingerprint density at radius 3 is 2.77 bits per heavy atom. The van der Waals surface area contributed by atoms with Gasteiger partial charge in [-0.15, -0.1) is 0 Å². The van der Waals surface area contributed by atoms with Gasteiger partial charge in [-0.1, -0.05) is 18.2 Å². The highest BCUT2D eigenvalue weighted by molar-refractivity contribution is 5.92. The lowest BCUT2D eigenvalue weighted by Crippen LogP contribution is -2.32. The Balaban J connectivity index is 1.78. The number of hydrogen-bond acceptors (Lipinski definition) is 3. The molecule has 0 saturated heterocycles. The largest absolute Gasteiger partial charge is 0.453 e. The highest BCUT2D eigenvalue weighted by atomic mass is 19.1. The first-order valence-electron chi connectivity index (χ1n) is 7.31. The van der Waals surface area contributed by atoms with Crippen LogP contribution in [0.4, 0.5) is 4.39 Å². The smallest absolute Gasteiger partial charge is 0.290 e. The number of methoxy groups -OCH3 is 1. The average Bonchev–Trinajstić information content (AvgIpc) is 3.25. The van der Waals surface area contributed by atoms with Crippen molar-refractivity contribution in [2.45, 2.75) is 32.0 Å². The van der Waals surface area contributed by atoms with Gasteiger partial charge in [-0.05, 0) is 31.0 Å². The first-order valence-corrected chi connectivity index (χ1v) is 7.31. The van der Waals surface area contributed by atoms with Crippen molar-refractivity contribution in [3.8, 4) is 0 Å². The number of rotatable bonds is 6. The van der Waals surface area contributed by atoms with Crippen LogP contribution in [-0.4, -0.2) is 24.0 Å². The van der Waals surface area contributed by atoms with Crippen molar-refractivity contribution in [2.75, 3.05) is 7.11 Å². The van der Waals surface area contributed by atoms with E-state index < -0.39 is 0 Å². The molecule has 22 heavy (non-hydrogen) atoms. The molecule has 1 aliphatic carbocycles. The summed E-state index contributed by atoms with van der Waals surface area (Å²) in [7, 11) is 1.57. The maximum atomic E-state index is 13.8. The summed E-state index contributed by atoms with van der Waals surface area (Å²) in [6.45, 7) is 0.584. The van der Waals surface area contributed by atoms with Crippen molar-refractivity contribution < 1.29 is 18.3 Å². The lowest BCUT2D eigenvalue weighted by molar-refractivity contribution is 0.0688. The van der Waals surface area contributed by atoms with E-state index in [1.807, 2.05) is 0 Å². The summed E-state index contributed by atoms with van der Waals surface area (Å²) in [6.07, 6.45) is 1.90. The number of nitrogens with zero attached hydrogens (tertiary/aromatic N) is 1. The van der Waals surface area contributed by atoms with Crippen molar-refractivity contribution >= 4 is 5.91 Å². The average molecular weight is 303 g/mol. The summed E-state index contributed by atoms with van der Waals surface area (Å²) in [5.74, 6) is 0.386. The molecule has 0 atom stereocenters. The first kappa shape index (κ1) is 14.8. The van der Waals surface area contributed by atoms with Crippen molar-refractivity contribution in [1.29, 1.82) is 0 Å². The van der Waals surface area contributed by atoms with Crippen LogP contribution in [0.15, 0.2) is 40.8 Å². The van der Waals surface area contributed by atoms with Gasteiger partial charge < -0.3 is 14.1 Å². The standard InChI is InChI=1S/C17H18FNO3/c1-21-11-14-8-9-16(22-14)17(20)19(13-6-7-13)10-12-4-2-3-5-15(12)18/h2-5,8-9,13H,6-7,10-11H2,1H3. The zero-order valence-corrected chi connectivity index (χ0v) is 12.4. The van der Waals surface area contributed by atoms with Gasteiger partial charge in [-0.25, -0.2) is 4.39 Å². The summed E-state index contributed by atoms with van der Waals surface area (Å²) in [5.41, 5.74) is 0.520. The van der Waals surface area contributed by atoms with E-state index in [4.69, 9.17) is 9.15 Å². The lowest BCUT2D eigenvalue weighted by atomic mass is 10.2. The van der Waals surface area contributed by atoms with Crippen LogP contribution in [-0.2, 0) is 17.9 Å². The van der Waals surface area contributed by atoms with E-state index >= 15 is 0 Å². The van der Waals surface area contributed by atoms with Crippen LogP contribution >= 0.6 is 0 Å². The zero-order chi connectivity index (χ0) is 15.5. The van der Waals surface area contributed by atoms with Gasteiger partial charge in [0.05, 0.1) is 0 Å². The van der Waals surface area contributed by atoms with E-state index in [2.05, 4.69) is 0 Å². The molecule has 4 nitrogen and oxygen atoms in total. The predicted molar refractivity (Wildman–Crippen MR) is 78.7 cm³/mol. The Kier molecular flexibility index (Phi) is 4.24. The summed E-state index contributed by atoms with van der Waals surface area (Å²) in [4.78, 5) is 14.3. The molecule has 2 aromatic rings. The Hall–Kier alpha value is -2.14. The van der Waals surface area contributed by atoms with E-state index in [0.717, 1.165) is 12.8 Å². The third-order valence-electron chi connectivity index (χ3n) is 3.71. The molecule has 1 aromatic carbocycles. The molecular weight excluding hydrogens is 285 g/mol. The fourth-order valence-electron chi connectivity index (χ4n) is 2.42. The van der Waals surface area contributed by atoms with Crippen molar-refractivity contribution in [1.82, 2.24) is 4.90 Å². The van der Waals surface area contributed by atoms with Crippen LogP contribution in [0.2, 0.25) is 0 Å². The number of ether oxygens (including phenoxy) is 1. The predicted octanol–water partition coefficient (Wildman–Crippen LogP) is 3.37. The molecule has 0 unspecified atom stereocenters. The zero-order valence-electron chi connectivity index (χ0n) is 12.4. The molecule has 116 valence electrons. The third-order valence-corrected chi connectivity index (χ3v) is 3.71. The van der Waals surface area contributed by atoms with Crippen LogP contribution in [0.3, 0.4) is 0 Å². The van der Waals surface area contributed by atoms with Crippen molar-refractivity contribution in [2.24, 2.45) is 0 Å². The Bertz CT molecular complexity index is 663. The SMILES string of the molecule is COCc1ccc(C(=O)N(Cc2ccccc2F)C2CC2)o1. The maximum Gasteiger partial charge on any atom is 0.290 e. The topological polar surface area (TPSA) is 42.7 Å². The number of carbonyl (C=O) groups excluding carboxylic acids is 1. The van der Waals surface area contributed by atoms with E-state index in [1.165, 1.54) is 6.07 Å². The molecule has 1 amide bonds. The third kappa shape index (κ3) is 3.20. The van der Waals surface area contributed by atoms with Gasteiger partial charge in [0.2, 0.25) is 0 Å². The molecule has 0 N–H and O–H groups in total. The Morgan fingerprint density at radius 2 is 2.09 bits per heavy atom. The second-order valence-electron chi connectivity index (χ2n) is 5.45. The molecule has 1 aromatic heterocycles. The monoisotopic (exact) mass is 303 g/mol. The number of halogens is 1. The normalized spacial score (nSPS) is 14.1. The number of benzene rings is 1. The van der Waals surface area contributed by atoms with E-state index in [1.54, 1.807) is 42.3 Å². The number of amides is 1. The van der Waals surface area contributed by atoms with E-state index in [0.29, 0.717) is 17.9 Å². The molecule has 0 bridgehead atoms. The van der Waals surface area contributed by atoms with Crippen LogP contribution in [0.25, 0.3) is 0 Å². The Labute approximate surface area is 128 Å². The summed E-state index contributed by atoms with van der Waals surface area (Å²) in [6, 6.07) is 10.1. The van der Waals surface area contributed by atoms with Gasteiger partial charge in [0.1, 0.15) is 18.2 Å². The molecule has 3 rings (SSSR count). The molecule has 1 heterocycles. The summed E-state index contributed by atoms with van der Waals surface area (Å²) >= 11 is 0. The number of hydrogen-bond donors (Lipinski definition) is 0. The minimum Gasteiger partial charge on any atom is -0.453 e. The van der Waals surface area contributed by atoms with Crippen molar-refractivity contribution in [3.05, 3.63) is 59.3 Å². The number of furan rings is 1. The van der Waals surface area contributed by atoms with Crippen molar-refractivity contribution in [3.63, 3.8) is 0 Å². The molecule has 1 aliphatic rings. The second kappa shape index (κ2) is 6.32. The molecule has 0 radical (unpaired) electrons. The molecule has 1 saturated carbocycles. The molecule has 0 spiro atoms. The van der Waals surface area contributed by atoms with Crippen LogP contribution in [0, 0.1) is 5.82 Å². The first-order chi connectivity index (χ1) is 10.7. The Morgan fingerprint density at radius 1 is 1.32 bits per heavy atom. The van der Waals surface area contributed by atoms with Gasteiger partial charge in [0.15, 0.2) is 5.76 Å². The quantitative estimate of drug-likeness (QED) is 0.821. The van der Waals surface area contributed by atoms with Crippen LogP contribution in [0.1, 0.15) is 34.7 Å². The van der Waals surface area contributed by atoms with Crippen LogP contribution in [0.5, 0.6) is 0 Å². The van der Waals surface area contributed by atoms with Gasteiger partial charge in [-0.3, -0.25) is 4.79 Å². The van der Waals surface area contributed by atoms with Gasteiger partial charge in [0, 0.05) is 25.3 Å². The van der Waals surface area contributed by atoms with Gasteiger partial charge >= 0.3 is 0 Å². The van der Waals surface area contributed by atoms with Crippen LogP contribution < -0.4 is 0 Å². The minimum atomic E-state index is -0.291. The fraction of sp³-hybridized carbons (Fsp3) is 0.353. The van der Waals surface area contributed by atoms with E-state index in [9.17, 15) is 9.18 Å². The fourth-order valence-corrected chi connectivity index (χ4v) is 2.42. The minimum absolute atomic E-state index is 0.170. The van der Waals surface area contributed by atoms with Gasteiger partial charge in [0.25, 0.3) is 5.91 Å². The number of carbonyl (C=O) groups is 1. The lowest BCUT2D eigenvalue weighted by Gasteiger charge is -2.21. The molecular formula is C17H18FNO3. The van der Waals surface area contributed by atoms with E-state index in [-0.39, 0.29) is 30.1 Å². The van der Waals surface area contributed by atoms with Gasteiger partial charge in [-0.2, -0.15) is 0 Å². The second-order valence-corrected chi connectivity index (χ2v) is 5.45. The molecule has 5 heteroatoms. The summed E-state index contributed by atoms with van der Waals surface area (Å²) in [5, 5.41) is 0. The molecule has 1 fully saturated rings.